The fourth-order valence-corrected chi connectivity index (χ4v) is 2.59. The van der Waals surface area contributed by atoms with Crippen molar-refractivity contribution < 1.29 is 4.74 Å². The van der Waals surface area contributed by atoms with Crippen molar-refractivity contribution in [3.63, 3.8) is 0 Å². The van der Waals surface area contributed by atoms with Crippen molar-refractivity contribution in [2.75, 3.05) is 0 Å². The van der Waals surface area contributed by atoms with Crippen molar-refractivity contribution in [2.24, 2.45) is 5.73 Å². The summed E-state index contributed by atoms with van der Waals surface area (Å²) in [5, 5.41) is 1.23. The first-order valence-electron chi connectivity index (χ1n) is 7.78. The lowest BCUT2D eigenvalue weighted by Crippen LogP contribution is -2.21. The molecule has 0 saturated carbocycles. The summed E-state index contributed by atoms with van der Waals surface area (Å²) in [7, 11) is 0. The Bertz CT molecular complexity index is 739. The maximum Gasteiger partial charge on any atom is 0.121 e. The monoisotopic (exact) mass is 330 g/mol. The standard InChI is InChI=1S/C19H22N2O.ClH/c1-2-16(20)10-15-12-21-19-11-17(8-9-18(15)19)22-13-14-6-4-3-5-7-14;/h3-9,11-12,16,21H,2,10,13,20H2,1H3;1H. The van der Waals surface area contributed by atoms with Crippen LogP contribution in [0.25, 0.3) is 10.9 Å². The van der Waals surface area contributed by atoms with Crippen LogP contribution in [0.5, 0.6) is 5.75 Å². The van der Waals surface area contributed by atoms with Crippen LogP contribution in [-0.4, -0.2) is 11.0 Å². The van der Waals surface area contributed by atoms with Gasteiger partial charge in [0.05, 0.1) is 0 Å². The predicted molar refractivity (Wildman–Crippen MR) is 98.3 cm³/mol. The minimum absolute atomic E-state index is 0. The predicted octanol–water partition coefficient (Wildman–Crippen LogP) is 4.45. The molecular formula is C19H23ClN2O. The second kappa shape index (κ2) is 8.04. The number of benzene rings is 2. The number of aromatic amines is 1. The van der Waals surface area contributed by atoms with Gasteiger partial charge in [0, 0.05) is 29.2 Å². The smallest absolute Gasteiger partial charge is 0.121 e. The van der Waals surface area contributed by atoms with E-state index in [-0.39, 0.29) is 18.4 Å². The lowest BCUT2D eigenvalue weighted by Gasteiger charge is -2.08. The maximum absolute atomic E-state index is 6.06. The van der Waals surface area contributed by atoms with Crippen molar-refractivity contribution in [1.82, 2.24) is 4.98 Å². The molecule has 1 unspecified atom stereocenters. The molecule has 0 amide bonds. The number of nitrogens with two attached hydrogens (primary N) is 1. The number of nitrogens with one attached hydrogen (secondary N) is 1. The molecule has 4 heteroatoms. The third kappa shape index (κ3) is 4.27. The number of fused-ring (bicyclic) bond motifs is 1. The molecule has 23 heavy (non-hydrogen) atoms. The summed E-state index contributed by atoms with van der Waals surface area (Å²) in [6.07, 6.45) is 3.95. The van der Waals surface area contributed by atoms with Gasteiger partial charge in [-0.2, -0.15) is 0 Å². The minimum Gasteiger partial charge on any atom is -0.489 e. The topological polar surface area (TPSA) is 51.0 Å². The Kier molecular flexibility index (Phi) is 6.08. The van der Waals surface area contributed by atoms with E-state index in [1.54, 1.807) is 0 Å². The molecule has 1 atom stereocenters. The second-order valence-electron chi connectivity index (χ2n) is 5.67. The van der Waals surface area contributed by atoms with Gasteiger partial charge in [0.25, 0.3) is 0 Å². The number of ether oxygens (including phenoxy) is 1. The van der Waals surface area contributed by atoms with Crippen LogP contribution in [0.3, 0.4) is 0 Å². The van der Waals surface area contributed by atoms with Gasteiger partial charge >= 0.3 is 0 Å². The Hall–Kier alpha value is -1.97. The molecule has 0 fully saturated rings. The van der Waals surface area contributed by atoms with Gasteiger partial charge in [0.1, 0.15) is 12.4 Å². The van der Waals surface area contributed by atoms with E-state index in [0.29, 0.717) is 6.61 Å². The summed E-state index contributed by atoms with van der Waals surface area (Å²) in [5.74, 6) is 0.879. The van der Waals surface area contributed by atoms with Gasteiger partial charge in [-0.3, -0.25) is 0 Å². The summed E-state index contributed by atoms with van der Waals surface area (Å²) in [6.45, 7) is 2.70. The number of aromatic nitrogens is 1. The number of rotatable bonds is 6. The Labute approximate surface area is 143 Å². The van der Waals surface area contributed by atoms with Crippen LogP contribution in [0.4, 0.5) is 0 Å². The molecule has 0 aliphatic heterocycles. The van der Waals surface area contributed by atoms with E-state index in [1.165, 1.54) is 16.5 Å². The summed E-state index contributed by atoms with van der Waals surface area (Å²) in [5.41, 5.74) is 9.61. The maximum atomic E-state index is 6.06. The van der Waals surface area contributed by atoms with Gasteiger partial charge in [-0.15, -0.1) is 12.4 Å². The molecule has 0 aliphatic carbocycles. The van der Waals surface area contributed by atoms with Crippen LogP contribution in [0, 0.1) is 0 Å². The van der Waals surface area contributed by atoms with Gasteiger partial charge in [-0.05, 0) is 36.1 Å². The lowest BCUT2D eigenvalue weighted by atomic mass is 10.0. The molecule has 3 nitrogen and oxygen atoms in total. The average molecular weight is 331 g/mol. The van der Waals surface area contributed by atoms with Crippen LogP contribution in [0.1, 0.15) is 24.5 Å². The van der Waals surface area contributed by atoms with Crippen LogP contribution in [-0.2, 0) is 13.0 Å². The van der Waals surface area contributed by atoms with Crippen LogP contribution in [0.15, 0.2) is 54.7 Å². The van der Waals surface area contributed by atoms with Gasteiger partial charge in [0.15, 0.2) is 0 Å². The SMILES string of the molecule is CCC(N)Cc1c[nH]c2cc(OCc3ccccc3)ccc12.Cl. The molecule has 3 N–H and O–H groups in total. The van der Waals surface area contributed by atoms with E-state index >= 15 is 0 Å². The Balaban J connectivity index is 0.00000192. The van der Waals surface area contributed by atoms with Crippen molar-refractivity contribution in [3.8, 4) is 5.75 Å². The molecular weight excluding hydrogens is 308 g/mol. The Morgan fingerprint density at radius 1 is 1.13 bits per heavy atom. The van der Waals surface area contributed by atoms with Crippen LogP contribution >= 0.6 is 12.4 Å². The molecule has 3 aromatic rings. The van der Waals surface area contributed by atoms with Crippen LogP contribution < -0.4 is 10.5 Å². The van der Waals surface area contributed by atoms with E-state index in [2.05, 4.69) is 42.4 Å². The molecule has 0 radical (unpaired) electrons. The first-order valence-corrected chi connectivity index (χ1v) is 7.78. The van der Waals surface area contributed by atoms with E-state index in [4.69, 9.17) is 10.5 Å². The molecule has 0 aliphatic rings. The zero-order valence-electron chi connectivity index (χ0n) is 13.3. The van der Waals surface area contributed by atoms with Crippen LogP contribution in [0.2, 0.25) is 0 Å². The molecule has 1 heterocycles. The molecule has 0 saturated heterocycles. The van der Waals surface area contributed by atoms with E-state index in [9.17, 15) is 0 Å². The van der Waals surface area contributed by atoms with Crippen molar-refractivity contribution >= 4 is 23.3 Å². The first-order chi connectivity index (χ1) is 10.8. The van der Waals surface area contributed by atoms with Gasteiger partial charge in [-0.25, -0.2) is 0 Å². The van der Waals surface area contributed by atoms with Gasteiger partial charge in [-0.1, -0.05) is 37.3 Å². The van der Waals surface area contributed by atoms with E-state index in [1.807, 2.05) is 24.3 Å². The average Bonchev–Trinajstić information content (AvgIpc) is 2.96. The summed E-state index contributed by atoms with van der Waals surface area (Å²) < 4.78 is 5.87. The molecule has 3 rings (SSSR count). The Morgan fingerprint density at radius 2 is 1.91 bits per heavy atom. The van der Waals surface area contributed by atoms with Crippen molar-refractivity contribution in [3.05, 3.63) is 65.9 Å². The Morgan fingerprint density at radius 3 is 2.65 bits per heavy atom. The fourth-order valence-electron chi connectivity index (χ4n) is 2.59. The highest BCUT2D eigenvalue weighted by Gasteiger charge is 2.08. The number of H-pyrrole nitrogens is 1. The molecule has 2 aromatic carbocycles. The molecule has 122 valence electrons. The van der Waals surface area contributed by atoms with Gasteiger partial charge in [0.2, 0.25) is 0 Å². The third-order valence-electron chi connectivity index (χ3n) is 3.99. The van der Waals surface area contributed by atoms with Crippen molar-refractivity contribution in [1.29, 1.82) is 0 Å². The summed E-state index contributed by atoms with van der Waals surface area (Å²) in [6, 6.07) is 16.6. The fraction of sp³-hybridized carbons (Fsp3) is 0.263. The highest BCUT2D eigenvalue weighted by Crippen LogP contribution is 2.25. The first kappa shape index (κ1) is 17.4. The molecule has 0 bridgehead atoms. The normalized spacial score (nSPS) is 11.9. The third-order valence-corrected chi connectivity index (χ3v) is 3.99. The zero-order chi connectivity index (χ0) is 15.4. The number of halogens is 1. The zero-order valence-corrected chi connectivity index (χ0v) is 14.1. The number of hydrogen-bond acceptors (Lipinski definition) is 2. The number of hydrogen-bond donors (Lipinski definition) is 2. The molecule has 0 spiro atoms. The van der Waals surface area contributed by atoms with E-state index < -0.39 is 0 Å². The largest absolute Gasteiger partial charge is 0.489 e. The van der Waals surface area contributed by atoms with Crippen molar-refractivity contribution in [2.45, 2.75) is 32.4 Å². The highest BCUT2D eigenvalue weighted by atomic mass is 35.5. The van der Waals surface area contributed by atoms with Gasteiger partial charge < -0.3 is 15.5 Å². The quantitative estimate of drug-likeness (QED) is 0.701. The lowest BCUT2D eigenvalue weighted by molar-refractivity contribution is 0.306. The summed E-state index contributed by atoms with van der Waals surface area (Å²) >= 11 is 0. The van der Waals surface area contributed by atoms with E-state index in [0.717, 1.165) is 24.1 Å². The minimum atomic E-state index is 0. The second-order valence-corrected chi connectivity index (χ2v) is 5.67. The highest BCUT2D eigenvalue weighted by molar-refractivity contribution is 5.85. The molecule has 1 aromatic heterocycles. The summed E-state index contributed by atoms with van der Waals surface area (Å²) in [4.78, 5) is 3.32.